The third-order valence-electron chi connectivity index (χ3n) is 3.41. The predicted octanol–water partition coefficient (Wildman–Crippen LogP) is 3.14. The van der Waals surface area contributed by atoms with E-state index in [0.717, 1.165) is 22.4 Å². The monoisotopic (exact) mass is 236 g/mol. The minimum atomic E-state index is -0.759. The van der Waals surface area contributed by atoms with Crippen LogP contribution in [0.2, 0.25) is 0 Å². The summed E-state index contributed by atoms with van der Waals surface area (Å²) >= 11 is 0. The van der Waals surface area contributed by atoms with E-state index in [0.29, 0.717) is 0 Å². The third kappa shape index (κ3) is 2.78. The Hall–Kier alpha value is -1.51. The van der Waals surface area contributed by atoms with Crippen molar-refractivity contribution in [2.75, 3.05) is 7.11 Å². The van der Waals surface area contributed by atoms with Crippen molar-refractivity contribution in [2.24, 2.45) is 5.92 Å². The second-order valence-corrected chi connectivity index (χ2v) is 4.59. The molecule has 0 saturated carbocycles. The highest BCUT2D eigenvalue weighted by molar-refractivity contribution is 5.71. The fourth-order valence-corrected chi connectivity index (χ4v) is 2.01. The Morgan fingerprint density at radius 2 is 1.82 bits per heavy atom. The lowest BCUT2D eigenvalue weighted by Crippen LogP contribution is -2.17. The van der Waals surface area contributed by atoms with Crippen LogP contribution in [0, 0.1) is 19.8 Å². The molecule has 1 N–H and O–H groups in total. The number of benzene rings is 1. The van der Waals surface area contributed by atoms with E-state index in [9.17, 15) is 4.79 Å². The highest BCUT2D eigenvalue weighted by Crippen LogP contribution is 2.31. The Bertz CT molecular complexity index is 424. The van der Waals surface area contributed by atoms with Crippen molar-refractivity contribution in [3.05, 3.63) is 28.8 Å². The molecule has 2 atom stereocenters. The molecule has 0 aliphatic rings. The van der Waals surface area contributed by atoms with Crippen LogP contribution in [-0.2, 0) is 4.79 Å². The van der Waals surface area contributed by atoms with Crippen molar-refractivity contribution < 1.29 is 14.6 Å². The Morgan fingerprint density at radius 3 is 2.29 bits per heavy atom. The maximum atomic E-state index is 11.0. The van der Waals surface area contributed by atoms with Gasteiger partial charge in [-0.15, -0.1) is 0 Å². The van der Waals surface area contributed by atoms with Crippen LogP contribution in [0.4, 0.5) is 0 Å². The molecule has 0 aliphatic carbocycles. The molecule has 0 radical (unpaired) electrons. The maximum absolute atomic E-state index is 11.0. The van der Waals surface area contributed by atoms with Crippen LogP contribution >= 0.6 is 0 Å². The smallest absolute Gasteiger partial charge is 0.306 e. The van der Waals surface area contributed by atoms with Gasteiger partial charge >= 0.3 is 5.97 Å². The molecule has 0 aromatic heterocycles. The van der Waals surface area contributed by atoms with E-state index in [1.807, 2.05) is 32.9 Å². The number of carbonyl (C=O) groups is 1. The van der Waals surface area contributed by atoms with E-state index in [1.54, 1.807) is 14.0 Å². The maximum Gasteiger partial charge on any atom is 0.306 e. The average molecular weight is 236 g/mol. The summed E-state index contributed by atoms with van der Waals surface area (Å²) in [5, 5.41) is 9.05. The van der Waals surface area contributed by atoms with Gasteiger partial charge in [-0.25, -0.2) is 0 Å². The first-order valence-corrected chi connectivity index (χ1v) is 5.76. The minimum absolute atomic E-state index is 0.00268. The largest absolute Gasteiger partial charge is 0.496 e. The highest BCUT2D eigenvalue weighted by Gasteiger charge is 2.22. The molecule has 0 fully saturated rings. The molecule has 3 nitrogen and oxygen atoms in total. The Kier molecular flexibility index (Phi) is 4.16. The molecule has 0 bridgehead atoms. The zero-order valence-electron chi connectivity index (χ0n) is 11.1. The minimum Gasteiger partial charge on any atom is -0.496 e. The molecule has 1 aromatic rings. The molecular weight excluding hydrogens is 216 g/mol. The number of rotatable bonds is 4. The fraction of sp³-hybridized carbons (Fsp3) is 0.500. The number of aliphatic carboxylic acids is 1. The summed E-state index contributed by atoms with van der Waals surface area (Å²) in [4.78, 5) is 11.0. The quantitative estimate of drug-likeness (QED) is 0.873. The molecule has 2 unspecified atom stereocenters. The van der Waals surface area contributed by atoms with Crippen LogP contribution < -0.4 is 4.74 Å². The van der Waals surface area contributed by atoms with Crippen molar-refractivity contribution in [2.45, 2.75) is 33.6 Å². The van der Waals surface area contributed by atoms with Crippen LogP contribution in [0.25, 0.3) is 0 Å². The van der Waals surface area contributed by atoms with E-state index in [2.05, 4.69) is 0 Å². The number of carboxylic acids is 1. The second kappa shape index (κ2) is 5.21. The lowest BCUT2D eigenvalue weighted by atomic mass is 9.85. The first-order chi connectivity index (χ1) is 7.88. The van der Waals surface area contributed by atoms with Crippen LogP contribution in [0.15, 0.2) is 12.1 Å². The van der Waals surface area contributed by atoms with Crippen molar-refractivity contribution in [3.8, 4) is 5.75 Å². The topological polar surface area (TPSA) is 46.5 Å². The number of carboxylic acid groups (broad SMARTS) is 1. The van der Waals surface area contributed by atoms with E-state index in [1.165, 1.54) is 0 Å². The molecule has 0 saturated heterocycles. The predicted molar refractivity (Wildman–Crippen MR) is 67.7 cm³/mol. The normalized spacial score (nSPS) is 14.2. The average Bonchev–Trinajstić information content (AvgIpc) is 2.29. The lowest BCUT2D eigenvalue weighted by Gasteiger charge is -2.20. The number of aryl methyl sites for hydroxylation is 2. The van der Waals surface area contributed by atoms with Crippen LogP contribution in [0.1, 0.15) is 36.5 Å². The van der Waals surface area contributed by atoms with Gasteiger partial charge in [-0.2, -0.15) is 0 Å². The number of methoxy groups -OCH3 is 1. The van der Waals surface area contributed by atoms with Gasteiger partial charge in [0.2, 0.25) is 0 Å². The Balaban J connectivity index is 3.14. The van der Waals surface area contributed by atoms with Gasteiger partial charge in [0.05, 0.1) is 13.0 Å². The summed E-state index contributed by atoms with van der Waals surface area (Å²) in [6.45, 7) is 7.65. The summed E-state index contributed by atoms with van der Waals surface area (Å²) in [7, 11) is 1.64. The van der Waals surface area contributed by atoms with Crippen LogP contribution in [0.3, 0.4) is 0 Å². The molecule has 0 amide bonds. The molecule has 3 heteroatoms. The summed E-state index contributed by atoms with van der Waals surface area (Å²) in [5.74, 6) is -0.301. The van der Waals surface area contributed by atoms with Gasteiger partial charge in [0.25, 0.3) is 0 Å². The lowest BCUT2D eigenvalue weighted by molar-refractivity contribution is -0.141. The molecule has 0 aliphatic heterocycles. The van der Waals surface area contributed by atoms with Gasteiger partial charge in [-0.1, -0.05) is 19.9 Å². The first-order valence-electron chi connectivity index (χ1n) is 5.76. The van der Waals surface area contributed by atoms with Gasteiger partial charge < -0.3 is 9.84 Å². The zero-order valence-corrected chi connectivity index (χ0v) is 11.1. The van der Waals surface area contributed by atoms with Crippen molar-refractivity contribution >= 4 is 5.97 Å². The molecule has 0 spiro atoms. The number of ether oxygens (including phenoxy) is 1. The van der Waals surface area contributed by atoms with Gasteiger partial charge in [0.1, 0.15) is 5.75 Å². The molecule has 1 rings (SSSR count). The van der Waals surface area contributed by atoms with E-state index < -0.39 is 5.97 Å². The number of hydrogen-bond acceptors (Lipinski definition) is 2. The second-order valence-electron chi connectivity index (χ2n) is 4.59. The van der Waals surface area contributed by atoms with Gasteiger partial charge in [0, 0.05) is 0 Å². The zero-order chi connectivity index (χ0) is 13.2. The van der Waals surface area contributed by atoms with Crippen molar-refractivity contribution in [1.29, 1.82) is 0 Å². The highest BCUT2D eigenvalue weighted by atomic mass is 16.5. The van der Waals surface area contributed by atoms with Crippen LogP contribution in [0.5, 0.6) is 5.75 Å². The SMILES string of the molecule is COc1cc(C)c(C(C)C(C)C(=O)O)cc1C. The number of hydrogen-bond donors (Lipinski definition) is 1. The summed E-state index contributed by atoms with van der Waals surface area (Å²) in [6, 6.07) is 3.99. The van der Waals surface area contributed by atoms with Gasteiger partial charge in [-0.05, 0) is 42.5 Å². The Labute approximate surface area is 102 Å². The van der Waals surface area contributed by atoms with E-state index >= 15 is 0 Å². The first kappa shape index (κ1) is 13.6. The van der Waals surface area contributed by atoms with Crippen molar-refractivity contribution in [3.63, 3.8) is 0 Å². The summed E-state index contributed by atoms with van der Waals surface area (Å²) < 4.78 is 5.25. The summed E-state index contributed by atoms with van der Waals surface area (Å²) in [6.07, 6.45) is 0. The van der Waals surface area contributed by atoms with E-state index in [4.69, 9.17) is 9.84 Å². The van der Waals surface area contributed by atoms with Gasteiger partial charge in [0.15, 0.2) is 0 Å². The van der Waals surface area contributed by atoms with E-state index in [-0.39, 0.29) is 11.8 Å². The molecule has 17 heavy (non-hydrogen) atoms. The molecular formula is C14H20O3. The Morgan fingerprint density at radius 1 is 1.24 bits per heavy atom. The third-order valence-corrected chi connectivity index (χ3v) is 3.41. The molecule has 0 heterocycles. The fourth-order valence-electron chi connectivity index (χ4n) is 2.01. The molecule has 94 valence electrons. The van der Waals surface area contributed by atoms with Crippen molar-refractivity contribution in [1.82, 2.24) is 0 Å². The standard InChI is InChI=1S/C14H20O3/c1-8-7-13(17-5)9(2)6-12(8)10(3)11(4)14(15)16/h6-7,10-11H,1-5H3,(H,15,16). The van der Waals surface area contributed by atoms with Crippen LogP contribution in [-0.4, -0.2) is 18.2 Å². The summed E-state index contributed by atoms with van der Waals surface area (Å²) in [5.41, 5.74) is 3.20. The van der Waals surface area contributed by atoms with Gasteiger partial charge in [-0.3, -0.25) is 4.79 Å². The molecule has 1 aromatic carbocycles.